The highest BCUT2D eigenvalue weighted by molar-refractivity contribution is 5.71. The van der Waals surface area contributed by atoms with Crippen molar-refractivity contribution in [2.24, 2.45) is 0 Å². The van der Waals surface area contributed by atoms with Crippen LogP contribution in [0.3, 0.4) is 0 Å². The van der Waals surface area contributed by atoms with E-state index in [1.54, 1.807) is 18.3 Å². The minimum absolute atomic E-state index is 0.0112. The highest BCUT2D eigenvalue weighted by atomic mass is 16.5. The Balaban J connectivity index is 2.54. The van der Waals surface area contributed by atoms with Crippen molar-refractivity contribution in [2.75, 3.05) is 14.2 Å². The molecular formula is C16H17NO6. The first-order chi connectivity index (χ1) is 11.1. The van der Waals surface area contributed by atoms with E-state index in [1.807, 2.05) is 0 Å². The van der Waals surface area contributed by atoms with E-state index in [9.17, 15) is 14.7 Å². The molecule has 0 spiro atoms. The van der Waals surface area contributed by atoms with E-state index < -0.39 is 23.1 Å². The Bertz CT molecular complexity index is 725. The molecule has 2 aromatic heterocycles. The summed E-state index contributed by atoms with van der Waals surface area (Å²) in [6.07, 6.45) is 3.02. The molecule has 0 bridgehead atoms. The molecule has 0 radical (unpaired) electrons. The van der Waals surface area contributed by atoms with E-state index in [2.05, 4.69) is 9.72 Å². The molecule has 2 heterocycles. The van der Waals surface area contributed by atoms with Gasteiger partial charge in [-0.3, -0.25) is 14.6 Å². The van der Waals surface area contributed by atoms with Crippen molar-refractivity contribution in [3.05, 3.63) is 57.9 Å². The molecule has 0 aliphatic rings. The number of carbonyl (C=O) groups excluding carboxylic acids is 1. The molecule has 0 saturated heterocycles. The Morgan fingerprint density at radius 1 is 1.43 bits per heavy atom. The van der Waals surface area contributed by atoms with E-state index in [0.717, 1.165) is 6.07 Å². The van der Waals surface area contributed by atoms with Crippen LogP contribution < -0.4 is 5.43 Å². The molecule has 7 heteroatoms. The van der Waals surface area contributed by atoms with Gasteiger partial charge >= 0.3 is 5.97 Å². The number of methoxy groups -OCH3 is 2. The van der Waals surface area contributed by atoms with Crippen LogP contribution in [0.1, 0.15) is 29.4 Å². The maximum atomic E-state index is 11.9. The Hall–Kier alpha value is -2.67. The molecule has 0 aliphatic carbocycles. The second-order valence-electron chi connectivity index (χ2n) is 4.84. The van der Waals surface area contributed by atoms with E-state index in [4.69, 9.17) is 9.15 Å². The van der Waals surface area contributed by atoms with Gasteiger partial charge in [-0.15, -0.1) is 0 Å². The zero-order chi connectivity index (χ0) is 16.8. The van der Waals surface area contributed by atoms with Gasteiger partial charge in [0.1, 0.15) is 12.4 Å². The van der Waals surface area contributed by atoms with Crippen LogP contribution >= 0.6 is 0 Å². The minimum atomic E-state index is -0.694. The summed E-state index contributed by atoms with van der Waals surface area (Å²) in [6, 6.07) is 4.57. The number of rotatable bonds is 6. The van der Waals surface area contributed by atoms with Gasteiger partial charge in [0.2, 0.25) is 11.2 Å². The van der Waals surface area contributed by atoms with Crippen molar-refractivity contribution in [2.45, 2.75) is 18.9 Å². The SMILES string of the molecule is COCc1cc(=O)c(O)c([C@@H](CC(=O)OC)c2cccnc2)o1. The summed E-state index contributed by atoms with van der Waals surface area (Å²) in [7, 11) is 2.72. The van der Waals surface area contributed by atoms with Crippen LogP contribution in [0.4, 0.5) is 0 Å². The molecule has 7 nitrogen and oxygen atoms in total. The molecular weight excluding hydrogens is 302 g/mol. The standard InChI is InChI=1S/C16H17NO6/c1-21-9-11-6-13(18)15(20)16(23-11)12(7-14(19)22-2)10-4-3-5-17-8-10/h3-6,8,12,20H,7,9H2,1-2H3/t12-/m0/s1. The fraction of sp³-hybridized carbons (Fsp3) is 0.312. The van der Waals surface area contributed by atoms with Crippen LogP contribution in [0.5, 0.6) is 5.75 Å². The van der Waals surface area contributed by atoms with Gasteiger partial charge in [-0.1, -0.05) is 6.07 Å². The number of carbonyl (C=O) groups is 1. The van der Waals surface area contributed by atoms with Gasteiger partial charge in [0.15, 0.2) is 5.76 Å². The van der Waals surface area contributed by atoms with Crippen LogP contribution in [0.25, 0.3) is 0 Å². The lowest BCUT2D eigenvalue weighted by Crippen LogP contribution is -2.14. The molecule has 1 N–H and O–H groups in total. The zero-order valence-corrected chi connectivity index (χ0v) is 12.8. The quantitative estimate of drug-likeness (QED) is 0.807. The van der Waals surface area contributed by atoms with Gasteiger partial charge in [-0.05, 0) is 11.6 Å². The topological polar surface area (TPSA) is 98.9 Å². The van der Waals surface area contributed by atoms with Gasteiger partial charge in [0.25, 0.3) is 0 Å². The molecule has 0 amide bonds. The smallest absolute Gasteiger partial charge is 0.306 e. The maximum absolute atomic E-state index is 11.9. The van der Waals surface area contributed by atoms with Gasteiger partial charge in [0, 0.05) is 25.6 Å². The fourth-order valence-electron chi connectivity index (χ4n) is 2.20. The number of ether oxygens (including phenoxy) is 2. The van der Waals surface area contributed by atoms with Gasteiger partial charge in [-0.25, -0.2) is 0 Å². The van der Waals surface area contributed by atoms with Crippen LogP contribution in [-0.2, 0) is 20.9 Å². The number of hydrogen-bond donors (Lipinski definition) is 1. The minimum Gasteiger partial charge on any atom is -0.502 e. The van der Waals surface area contributed by atoms with Crippen molar-refractivity contribution in [3.8, 4) is 5.75 Å². The van der Waals surface area contributed by atoms with Crippen LogP contribution in [0.2, 0.25) is 0 Å². The average molecular weight is 319 g/mol. The summed E-state index contributed by atoms with van der Waals surface area (Å²) in [5.41, 5.74) is 0.0166. The van der Waals surface area contributed by atoms with E-state index in [0.29, 0.717) is 5.56 Å². The van der Waals surface area contributed by atoms with Crippen molar-refractivity contribution < 1.29 is 23.8 Å². The summed E-state index contributed by atoms with van der Waals surface area (Å²) < 4.78 is 15.2. The molecule has 122 valence electrons. The summed E-state index contributed by atoms with van der Waals surface area (Å²) in [5, 5.41) is 10.1. The fourth-order valence-corrected chi connectivity index (χ4v) is 2.20. The molecule has 23 heavy (non-hydrogen) atoms. The third-order valence-electron chi connectivity index (χ3n) is 3.29. The first kappa shape index (κ1) is 16.7. The van der Waals surface area contributed by atoms with E-state index >= 15 is 0 Å². The average Bonchev–Trinajstić information content (AvgIpc) is 2.57. The number of aromatic nitrogens is 1. The van der Waals surface area contributed by atoms with Crippen molar-refractivity contribution in [1.29, 1.82) is 0 Å². The summed E-state index contributed by atoms with van der Waals surface area (Å²) in [6.45, 7) is 0.0699. The second-order valence-corrected chi connectivity index (χ2v) is 4.84. The molecule has 2 aromatic rings. The highest BCUT2D eigenvalue weighted by Crippen LogP contribution is 2.32. The summed E-state index contributed by atoms with van der Waals surface area (Å²) in [4.78, 5) is 27.6. The number of pyridine rings is 1. The number of hydrogen-bond acceptors (Lipinski definition) is 7. The van der Waals surface area contributed by atoms with Crippen LogP contribution in [-0.4, -0.2) is 30.3 Å². The molecule has 0 fully saturated rings. The lowest BCUT2D eigenvalue weighted by Gasteiger charge is -2.17. The number of esters is 1. The van der Waals surface area contributed by atoms with Crippen LogP contribution in [0.15, 0.2) is 39.8 Å². The molecule has 1 atom stereocenters. The summed E-state index contributed by atoms with van der Waals surface area (Å²) >= 11 is 0. The third kappa shape index (κ3) is 3.95. The molecule has 0 saturated carbocycles. The van der Waals surface area contributed by atoms with Crippen LogP contribution in [0, 0.1) is 0 Å². The van der Waals surface area contributed by atoms with E-state index in [1.165, 1.54) is 20.4 Å². The Kier molecular flexibility index (Phi) is 5.48. The third-order valence-corrected chi connectivity index (χ3v) is 3.29. The van der Waals surface area contributed by atoms with Gasteiger partial charge < -0.3 is 19.0 Å². The Morgan fingerprint density at radius 2 is 2.22 bits per heavy atom. The summed E-state index contributed by atoms with van der Waals surface area (Å²) in [5.74, 6) is -1.49. The van der Waals surface area contributed by atoms with Gasteiger partial charge in [-0.2, -0.15) is 0 Å². The molecule has 0 unspecified atom stereocenters. The second kappa shape index (κ2) is 7.55. The Morgan fingerprint density at radius 3 is 2.83 bits per heavy atom. The van der Waals surface area contributed by atoms with Crippen molar-refractivity contribution >= 4 is 5.97 Å². The predicted octanol–water partition coefficient (Wildman–Crippen LogP) is 1.58. The lowest BCUT2D eigenvalue weighted by atomic mass is 9.93. The first-order valence-electron chi connectivity index (χ1n) is 6.88. The monoisotopic (exact) mass is 319 g/mol. The van der Waals surface area contributed by atoms with Crippen molar-refractivity contribution in [3.63, 3.8) is 0 Å². The number of aromatic hydroxyl groups is 1. The first-order valence-corrected chi connectivity index (χ1v) is 6.88. The lowest BCUT2D eigenvalue weighted by molar-refractivity contribution is -0.140. The number of nitrogens with zero attached hydrogens (tertiary/aromatic N) is 1. The maximum Gasteiger partial charge on any atom is 0.306 e. The Labute approximate surface area is 132 Å². The zero-order valence-electron chi connectivity index (χ0n) is 12.8. The molecule has 0 aliphatic heterocycles. The molecule has 0 aromatic carbocycles. The molecule has 2 rings (SSSR count). The predicted molar refractivity (Wildman–Crippen MR) is 80.1 cm³/mol. The van der Waals surface area contributed by atoms with E-state index in [-0.39, 0.29) is 24.5 Å². The largest absolute Gasteiger partial charge is 0.502 e. The highest BCUT2D eigenvalue weighted by Gasteiger charge is 2.26. The van der Waals surface area contributed by atoms with Gasteiger partial charge in [0.05, 0.1) is 19.4 Å². The van der Waals surface area contributed by atoms with Crippen molar-refractivity contribution in [1.82, 2.24) is 4.98 Å². The normalized spacial score (nSPS) is 11.9.